The van der Waals surface area contributed by atoms with Crippen LogP contribution in [0.25, 0.3) is 0 Å². The number of rotatable bonds is 3. The topological polar surface area (TPSA) is 17.1 Å². The fraction of sp³-hybridized carbons (Fsp3) is 0. The van der Waals surface area contributed by atoms with Crippen molar-refractivity contribution in [2.45, 2.75) is 0 Å². The highest BCUT2D eigenvalue weighted by Gasteiger charge is 2.28. The van der Waals surface area contributed by atoms with Crippen molar-refractivity contribution in [3.05, 3.63) is 90.9 Å². The molecule has 0 N–H and O–H groups in total. The second kappa shape index (κ2) is 5.48. The van der Waals surface area contributed by atoms with Crippen LogP contribution in [-0.4, -0.2) is 0 Å². The predicted molar refractivity (Wildman–Crippen MR) is 85.8 cm³/mol. The van der Waals surface area contributed by atoms with Gasteiger partial charge in [-0.2, -0.15) is 0 Å². The van der Waals surface area contributed by atoms with Gasteiger partial charge < -0.3 is 4.57 Å². The largest absolute Gasteiger partial charge is 0.309 e. The summed E-state index contributed by atoms with van der Waals surface area (Å²) in [7, 11) is -3.09. The van der Waals surface area contributed by atoms with E-state index in [1.807, 2.05) is 0 Å². The summed E-state index contributed by atoms with van der Waals surface area (Å²) in [6.45, 7) is 0. The lowest BCUT2D eigenvalue weighted by molar-refractivity contribution is 0.592. The molecule has 0 bridgehead atoms. The smallest absolute Gasteiger partial charge is 0.171 e. The molecule has 0 unspecified atom stereocenters. The van der Waals surface area contributed by atoms with Crippen molar-refractivity contribution in [2.75, 3.05) is 0 Å². The highest BCUT2D eigenvalue weighted by Crippen LogP contribution is 2.41. The van der Waals surface area contributed by atoms with Crippen molar-refractivity contribution in [2.24, 2.45) is 0 Å². The molecular formula is C18H15OP. The zero-order chi connectivity index (χ0) is 16.4. The van der Waals surface area contributed by atoms with Crippen molar-refractivity contribution < 1.29 is 8.68 Å². The third-order valence-electron chi connectivity index (χ3n) is 3.19. The normalized spacial score (nSPS) is 13.3. The molecule has 0 saturated carbocycles. The Balaban J connectivity index is 2.24. The Bertz CT molecular complexity index is 739. The van der Waals surface area contributed by atoms with Gasteiger partial charge in [-0.25, -0.2) is 0 Å². The monoisotopic (exact) mass is 281 g/mol. The Hall–Kier alpha value is -2.11. The van der Waals surface area contributed by atoms with Crippen LogP contribution in [0.15, 0.2) is 90.9 Å². The molecule has 20 heavy (non-hydrogen) atoms. The molecule has 0 atom stereocenters. The minimum Gasteiger partial charge on any atom is -0.309 e. The van der Waals surface area contributed by atoms with Gasteiger partial charge in [-0.3, -0.25) is 0 Å². The van der Waals surface area contributed by atoms with Crippen molar-refractivity contribution in [1.29, 1.82) is 0 Å². The van der Waals surface area contributed by atoms with Crippen molar-refractivity contribution in [3.8, 4) is 0 Å². The molecule has 0 saturated heterocycles. The number of benzene rings is 3. The van der Waals surface area contributed by atoms with Crippen LogP contribution < -0.4 is 15.9 Å². The Morgan fingerprint density at radius 3 is 1.10 bits per heavy atom. The highest BCUT2D eigenvalue weighted by molar-refractivity contribution is 7.85. The molecule has 3 aromatic carbocycles. The molecule has 2 heteroatoms. The van der Waals surface area contributed by atoms with E-state index in [4.69, 9.17) is 4.11 Å². The van der Waals surface area contributed by atoms with Crippen LogP contribution in [0.4, 0.5) is 0 Å². The summed E-state index contributed by atoms with van der Waals surface area (Å²) in [5, 5.41) is 1.93. The predicted octanol–water partition coefficient (Wildman–Crippen LogP) is 3.33. The molecule has 0 aliphatic heterocycles. The van der Waals surface area contributed by atoms with Crippen LogP contribution in [0.1, 0.15) is 4.11 Å². The minimum absolute atomic E-state index is 0.364. The van der Waals surface area contributed by atoms with Crippen LogP contribution in [-0.2, 0) is 4.57 Å². The van der Waals surface area contributed by atoms with E-state index in [0.29, 0.717) is 34.0 Å². The maximum atomic E-state index is 14.0. The minimum atomic E-state index is -3.09. The van der Waals surface area contributed by atoms with E-state index in [0.717, 1.165) is 0 Å². The molecular weight excluding hydrogens is 263 g/mol. The molecule has 0 heterocycles. The van der Waals surface area contributed by atoms with Gasteiger partial charge in [0.2, 0.25) is 0 Å². The van der Waals surface area contributed by atoms with Crippen molar-refractivity contribution in [1.82, 2.24) is 0 Å². The first-order valence-corrected chi connectivity index (χ1v) is 8.02. The van der Waals surface area contributed by atoms with Gasteiger partial charge in [0, 0.05) is 15.9 Å². The molecule has 0 fully saturated rings. The van der Waals surface area contributed by atoms with E-state index in [1.165, 1.54) is 0 Å². The SMILES string of the molecule is [2H]c1ccc(P(=O)(c2ccc([2H])cc2)c2ccc([2H])cc2)cc1. The van der Waals surface area contributed by atoms with E-state index in [1.54, 1.807) is 72.8 Å². The summed E-state index contributed by atoms with van der Waals surface area (Å²) in [6.07, 6.45) is 0. The van der Waals surface area contributed by atoms with Crippen LogP contribution in [0.2, 0.25) is 0 Å². The van der Waals surface area contributed by atoms with E-state index in [9.17, 15) is 4.57 Å². The zero-order valence-electron chi connectivity index (χ0n) is 13.8. The van der Waals surface area contributed by atoms with E-state index < -0.39 is 7.14 Å². The summed E-state index contributed by atoms with van der Waals surface area (Å²) >= 11 is 0. The van der Waals surface area contributed by atoms with Gasteiger partial charge in [-0.05, 0) is 0 Å². The van der Waals surface area contributed by atoms with E-state index >= 15 is 0 Å². The Morgan fingerprint density at radius 2 is 0.850 bits per heavy atom. The molecule has 0 aliphatic carbocycles. The third kappa shape index (κ3) is 2.21. The molecule has 0 aromatic heterocycles. The maximum absolute atomic E-state index is 14.0. The molecule has 0 radical (unpaired) electrons. The lowest BCUT2D eigenvalue weighted by Gasteiger charge is -2.19. The van der Waals surface area contributed by atoms with Crippen molar-refractivity contribution in [3.63, 3.8) is 0 Å². The summed E-state index contributed by atoms with van der Waals surface area (Å²) in [5.41, 5.74) is 0. The average Bonchev–Trinajstić information content (AvgIpc) is 2.56. The van der Waals surface area contributed by atoms with Gasteiger partial charge in [0.25, 0.3) is 0 Å². The summed E-state index contributed by atoms with van der Waals surface area (Å²) in [6, 6.07) is 21.1. The maximum Gasteiger partial charge on any atom is 0.171 e. The molecule has 1 nitrogen and oxygen atoms in total. The Morgan fingerprint density at radius 1 is 0.600 bits per heavy atom. The fourth-order valence-electron chi connectivity index (χ4n) is 2.21. The van der Waals surface area contributed by atoms with Gasteiger partial charge in [0.15, 0.2) is 7.14 Å². The van der Waals surface area contributed by atoms with Gasteiger partial charge in [0.1, 0.15) is 0 Å². The van der Waals surface area contributed by atoms with Gasteiger partial charge in [-0.15, -0.1) is 0 Å². The first kappa shape index (κ1) is 9.74. The van der Waals surface area contributed by atoms with Crippen LogP contribution in [0, 0.1) is 0 Å². The van der Waals surface area contributed by atoms with Crippen LogP contribution >= 0.6 is 7.14 Å². The van der Waals surface area contributed by atoms with E-state index in [-0.39, 0.29) is 0 Å². The second-order valence-corrected chi connectivity index (χ2v) is 7.15. The first-order valence-electron chi connectivity index (χ1n) is 7.82. The number of hydrogen-bond donors (Lipinski definition) is 0. The highest BCUT2D eigenvalue weighted by atomic mass is 31.2. The first-order chi connectivity index (χ1) is 11.0. The average molecular weight is 281 g/mol. The number of hydrogen-bond acceptors (Lipinski definition) is 1. The summed E-state index contributed by atoms with van der Waals surface area (Å²) in [4.78, 5) is 0. The quantitative estimate of drug-likeness (QED) is 0.673. The molecule has 0 spiro atoms. The van der Waals surface area contributed by atoms with Crippen molar-refractivity contribution >= 4 is 23.1 Å². The Kier molecular flexibility index (Phi) is 2.67. The van der Waals surface area contributed by atoms with Gasteiger partial charge >= 0.3 is 0 Å². The Labute approximate surface area is 123 Å². The summed E-state index contributed by atoms with van der Waals surface area (Å²) < 4.78 is 36.8. The molecule has 0 aliphatic rings. The standard InChI is InChI=1S/C18H15OP/c19-20(16-10-4-1-5-11-16,17-12-6-2-7-13-17)18-14-8-3-9-15-18/h1-15H/i1D,2D,3D. The van der Waals surface area contributed by atoms with Crippen LogP contribution in [0.3, 0.4) is 0 Å². The lowest BCUT2D eigenvalue weighted by Crippen LogP contribution is -2.24. The van der Waals surface area contributed by atoms with Crippen LogP contribution in [0.5, 0.6) is 0 Å². The molecule has 3 rings (SSSR count). The summed E-state index contributed by atoms with van der Waals surface area (Å²) in [5.74, 6) is 0. The molecule has 3 aromatic rings. The molecule has 98 valence electrons. The fourth-order valence-corrected chi connectivity index (χ4v) is 4.81. The second-order valence-electron chi connectivity index (χ2n) is 4.38. The van der Waals surface area contributed by atoms with E-state index in [2.05, 4.69) is 0 Å². The van der Waals surface area contributed by atoms with Gasteiger partial charge in [0.05, 0.1) is 4.11 Å². The molecule has 0 amide bonds. The lowest BCUT2D eigenvalue weighted by atomic mass is 10.4. The third-order valence-corrected chi connectivity index (χ3v) is 6.27. The zero-order valence-corrected chi connectivity index (χ0v) is 11.7. The van der Waals surface area contributed by atoms with Gasteiger partial charge in [-0.1, -0.05) is 90.9 Å².